The first kappa shape index (κ1) is 13.8. The van der Waals surface area contributed by atoms with Gasteiger partial charge in [-0.15, -0.1) is 22.0 Å². The van der Waals surface area contributed by atoms with Crippen LogP contribution in [-0.4, -0.2) is 42.0 Å². The van der Waals surface area contributed by atoms with Crippen LogP contribution in [0.2, 0.25) is 0 Å². The third kappa shape index (κ3) is 4.22. The topological polar surface area (TPSA) is 58.1 Å². The summed E-state index contributed by atoms with van der Waals surface area (Å²) in [4.78, 5) is 13.4. The van der Waals surface area contributed by atoms with Gasteiger partial charge in [0.05, 0.1) is 6.54 Å². The van der Waals surface area contributed by atoms with Gasteiger partial charge in [-0.2, -0.15) is 0 Å². The Bertz CT molecular complexity index is 355. The fourth-order valence-corrected chi connectivity index (χ4v) is 1.70. The molecule has 17 heavy (non-hydrogen) atoms. The normalized spacial score (nSPS) is 10.1. The van der Waals surface area contributed by atoms with Crippen molar-refractivity contribution in [1.29, 1.82) is 0 Å². The highest BCUT2D eigenvalue weighted by Crippen LogP contribution is 2.14. The van der Waals surface area contributed by atoms with E-state index in [1.54, 1.807) is 11.8 Å². The van der Waals surface area contributed by atoms with Crippen molar-refractivity contribution in [1.82, 2.24) is 15.5 Å². The number of amides is 1. The first-order chi connectivity index (χ1) is 8.21. The second-order valence-corrected chi connectivity index (χ2v) is 4.23. The van der Waals surface area contributed by atoms with E-state index in [2.05, 4.69) is 15.5 Å². The van der Waals surface area contributed by atoms with Gasteiger partial charge in [0.2, 0.25) is 5.91 Å². The summed E-state index contributed by atoms with van der Waals surface area (Å²) in [5.41, 5.74) is 0. The molecule has 0 fully saturated rings. The minimum absolute atomic E-state index is 0.00472. The van der Waals surface area contributed by atoms with Crippen molar-refractivity contribution in [2.24, 2.45) is 0 Å². The summed E-state index contributed by atoms with van der Waals surface area (Å²) < 4.78 is 0. The molecule has 0 radical (unpaired) electrons. The zero-order valence-corrected chi connectivity index (χ0v) is 11.3. The summed E-state index contributed by atoms with van der Waals surface area (Å²) >= 11 is 1.55. The number of nitrogens with one attached hydrogen (secondary N) is 1. The Kier molecular flexibility index (Phi) is 5.76. The van der Waals surface area contributed by atoms with Crippen LogP contribution < -0.4 is 10.2 Å². The van der Waals surface area contributed by atoms with E-state index >= 15 is 0 Å². The Hall–Kier alpha value is -1.30. The Morgan fingerprint density at radius 2 is 2.18 bits per heavy atom. The minimum Gasteiger partial charge on any atom is -0.355 e. The van der Waals surface area contributed by atoms with Gasteiger partial charge in [-0.25, -0.2) is 0 Å². The average molecular weight is 254 g/mol. The predicted octanol–water partition coefficient (Wildman–Crippen LogP) is 1.16. The summed E-state index contributed by atoms with van der Waals surface area (Å²) in [6.45, 7) is 5.58. The van der Waals surface area contributed by atoms with Crippen molar-refractivity contribution in [3.63, 3.8) is 0 Å². The molecule has 6 heteroatoms. The number of anilines is 1. The fourth-order valence-electron chi connectivity index (χ4n) is 1.37. The molecule has 0 aliphatic rings. The quantitative estimate of drug-likeness (QED) is 0.772. The van der Waals surface area contributed by atoms with Gasteiger partial charge in [0, 0.05) is 13.1 Å². The van der Waals surface area contributed by atoms with Crippen LogP contribution in [0.15, 0.2) is 17.2 Å². The maximum absolute atomic E-state index is 11.5. The van der Waals surface area contributed by atoms with Gasteiger partial charge in [-0.1, -0.05) is 0 Å². The third-order valence-electron chi connectivity index (χ3n) is 2.25. The predicted molar refractivity (Wildman–Crippen MR) is 70.4 cm³/mol. The maximum atomic E-state index is 11.5. The van der Waals surface area contributed by atoms with Gasteiger partial charge >= 0.3 is 0 Å². The molecule has 0 saturated heterocycles. The number of carbonyl (C=O) groups excluding carboxylic acids is 1. The Morgan fingerprint density at radius 3 is 2.65 bits per heavy atom. The molecule has 1 rings (SSSR count). The van der Waals surface area contributed by atoms with E-state index in [1.807, 2.05) is 37.1 Å². The van der Waals surface area contributed by atoms with E-state index in [0.717, 1.165) is 17.4 Å². The average Bonchev–Trinajstić information content (AvgIpc) is 2.36. The SMILES string of the molecule is CCNC(=O)CN(CC)c1ccc(SC)nn1. The van der Waals surface area contributed by atoms with E-state index < -0.39 is 0 Å². The van der Waals surface area contributed by atoms with Crippen LogP contribution in [0.4, 0.5) is 5.82 Å². The van der Waals surface area contributed by atoms with Crippen molar-refractivity contribution in [3.8, 4) is 0 Å². The second-order valence-electron chi connectivity index (χ2n) is 3.40. The van der Waals surface area contributed by atoms with Crippen LogP contribution in [-0.2, 0) is 4.79 Å². The van der Waals surface area contributed by atoms with Crippen LogP contribution in [0, 0.1) is 0 Å². The molecule has 0 aliphatic heterocycles. The van der Waals surface area contributed by atoms with E-state index in [9.17, 15) is 4.79 Å². The Labute approximate surface area is 106 Å². The molecule has 1 N–H and O–H groups in total. The highest BCUT2D eigenvalue weighted by molar-refractivity contribution is 7.98. The summed E-state index contributed by atoms with van der Waals surface area (Å²) in [5.74, 6) is 0.738. The lowest BCUT2D eigenvalue weighted by atomic mass is 10.4. The molecule has 1 amide bonds. The molecule has 5 nitrogen and oxygen atoms in total. The molecule has 1 aromatic heterocycles. The van der Waals surface area contributed by atoms with Gasteiger partial charge < -0.3 is 10.2 Å². The molecule has 0 bridgehead atoms. The Balaban J connectivity index is 2.68. The minimum atomic E-state index is 0.00472. The number of likely N-dealkylation sites (N-methyl/N-ethyl adjacent to an activating group) is 2. The molecule has 0 unspecified atom stereocenters. The number of hydrogen-bond acceptors (Lipinski definition) is 5. The van der Waals surface area contributed by atoms with E-state index in [4.69, 9.17) is 0 Å². The molecule has 0 atom stereocenters. The molecule has 94 valence electrons. The highest BCUT2D eigenvalue weighted by Gasteiger charge is 2.10. The number of thioether (sulfide) groups is 1. The summed E-state index contributed by atoms with van der Waals surface area (Å²) in [6, 6.07) is 3.80. The van der Waals surface area contributed by atoms with Crippen LogP contribution in [0.1, 0.15) is 13.8 Å². The fraction of sp³-hybridized carbons (Fsp3) is 0.545. The molecular formula is C11H18N4OS. The largest absolute Gasteiger partial charge is 0.355 e. The van der Waals surface area contributed by atoms with Crippen LogP contribution in [0.3, 0.4) is 0 Å². The highest BCUT2D eigenvalue weighted by atomic mass is 32.2. The summed E-state index contributed by atoms with van der Waals surface area (Å²) in [5, 5.41) is 11.8. The zero-order chi connectivity index (χ0) is 12.7. The third-order valence-corrected chi connectivity index (χ3v) is 2.89. The number of hydrogen-bond donors (Lipinski definition) is 1. The van der Waals surface area contributed by atoms with Crippen molar-refractivity contribution in [3.05, 3.63) is 12.1 Å². The van der Waals surface area contributed by atoms with Crippen molar-refractivity contribution < 1.29 is 4.79 Å². The number of aromatic nitrogens is 2. The summed E-state index contributed by atoms with van der Waals surface area (Å²) in [7, 11) is 0. The van der Waals surface area contributed by atoms with Crippen molar-refractivity contribution in [2.45, 2.75) is 18.9 Å². The lowest BCUT2D eigenvalue weighted by Crippen LogP contribution is -2.37. The maximum Gasteiger partial charge on any atom is 0.239 e. The smallest absolute Gasteiger partial charge is 0.239 e. The van der Waals surface area contributed by atoms with Crippen molar-refractivity contribution >= 4 is 23.5 Å². The molecule has 0 saturated carbocycles. The van der Waals surface area contributed by atoms with Gasteiger partial charge in [-0.05, 0) is 32.2 Å². The lowest BCUT2D eigenvalue weighted by Gasteiger charge is -2.20. The van der Waals surface area contributed by atoms with Crippen LogP contribution in [0.25, 0.3) is 0 Å². The zero-order valence-electron chi connectivity index (χ0n) is 10.4. The standard InChI is InChI=1S/C11H18N4OS/c1-4-12-10(16)8-15(5-2)9-6-7-11(17-3)14-13-9/h6-7H,4-5,8H2,1-3H3,(H,12,16). The van der Waals surface area contributed by atoms with E-state index in [0.29, 0.717) is 13.1 Å². The molecule has 1 aromatic rings. The van der Waals surface area contributed by atoms with Gasteiger partial charge in [0.25, 0.3) is 0 Å². The van der Waals surface area contributed by atoms with Crippen molar-refractivity contribution in [2.75, 3.05) is 30.8 Å². The number of nitrogens with zero attached hydrogens (tertiary/aromatic N) is 3. The molecule has 1 heterocycles. The van der Waals surface area contributed by atoms with E-state index in [-0.39, 0.29) is 5.91 Å². The molecule has 0 aromatic carbocycles. The molecular weight excluding hydrogens is 236 g/mol. The lowest BCUT2D eigenvalue weighted by molar-refractivity contribution is -0.119. The molecule has 0 spiro atoms. The van der Waals surface area contributed by atoms with Crippen LogP contribution >= 0.6 is 11.8 Å². The van der Waals surface area contributed by atoms with Gasteiger partial charge in [-0.3, -0.25) is 4.79 Å². The monoisotopic (exact) mass is 254 g/mol. The molecule has 0 aliphatic carbocycles. The second kappa shape index (κ2) is 7.11. The number of rotatable bonds is 6. The first-order valence-electron chi connectivity index (χ1n) is 5.60. The van der Waals surface area contributed by atoms with E-state index in [1.165, 1.54) is 0 Å². The Morgan fingerprint density at radius 1 is 1.41 bits per heavy atom. The number of carbonyl (C=O) groups is 1. The van der Waals surface area contributed by atoms with Crippen LogP contribution in [0.5, 0.6) is 0 Å². The van der Waals surface area contributed by atoms with Gasteiger partial charge in [0.15, 0.2) is 5.82 Å². The van der Waals surface area contributed by atoms with Gasteiger partial charge in [0.1, 0.15) is 5.03 Å². The first-order valence-corrected chi connectivity index (χ1v) is 6.83. The summed E-state index contributed by atoms with van der Waals surface area (Å²) in [6.07, 6.45) is 1.95.